The van der Waals surface area contributed by atoms with E-state index in [0.717, 1.165) is 12.8 Å². The third-order valence-corrected chi connectivity index (χ3v) is 3.01. The molecule has 2 rings (SSSR count). The van der Waals surface area contributed by atoms with Gasteiger partial charge in [-0.3, -0.25) is 9.59 Å². The van der Waals surface area contributed by atoms with Gasteiger partial charge in [0.05, 0.1) is 12.0 Å². The van der Waals surface area contributed by atoms with E-state index in [0.29, 0.717) is 6.42 Å². The lowest BCUT2D eigenvalue weighted by molar-refractivity contribution is -0.137. The standard InChI is InChI=1S/C9H13NO3/c1-13-5-2-3-7-6(4-5)8(11)9(12)10-7/h5-7H,2-4H2,1H3,(H,10,12). The van der Waals surface area contributed by atoms with Crippen LogP contribution in [0.25, 0.3) is 0 Å². The van der Waals surface area contributed by atoms with Crippen LogP contribution in [0.2, 0.25) is 0 Å². The molecule has 0 spiro atoms. The first-order valence-electron chi connectivity index (χ1n) is 4.60. The average molecular weight is 183 g/mol. The van der Waals surface area contributed by atoms with Crippen molar-refractivity contribution in [3.05, 3.63) is 0 Å². The number of Topliss-reactive ketones (excluding diaryl/α,β-unsaturated/α-hetero) is 1. The van der Waals surface area contributed by atoms with Gasteiger partial charge in [0.25, 0.3) is 5.91 Å². The Morgan fingerprint density at radius 2 is 2.15 bits per heavy atom. The summed E-state index contributed by atoms with van der Waals surface area (Å²) in [6.45, 7) is 0. The SMILES string of the molecule is COC1CCC2NC(=O)C(=O)C2C1. The number of carbonyl (C=O) groups is 2. The molecule has 3 atom stereocenters. The number of rotatable bonds is 1. The molecule has 72 valence electrons. The molecule has 0 aromatic heterocycles. The summed E-state index contributed by atoms with van der Waals surface area (Å²) in [4.78, 5) is 22.4. The number of nitrogens with one attached hydrogen (secondary N) is 1. The summed E-state index contributed by atoms with van der Waals surface area (Å²) in [5, 5.41) is 2.71. The molecule has 2 fully saturated rings. The second-order valence-electron chi connectivity index (χ2n) is 3.72. The zero-order chi connectivity index (χ0) is 9.42. The number of methoxy groups -OCH3 is 1. The average Bonchev–Trinajstić information content (AvgIpc) is 2.43. The summed E-state index contributed by atoms with van der Waals surface area (Å²) < 4.78 is 5.19. The van der Waals surface area contributed by atoms with Gasteiger partial charge in [0, 0.05) is 13.2 Å². The van der Waals surface area contributed by atoms with Gasteiger partial charge in [-0.05, 0) is 19.3 Å². The molecule has 3 unspecified atom stereocenters. The number of carbonyl (C=O) groups excluding carboxylic acids is 2. The van der Waals surface area contributed by atoms with Crippen molar-refractivity contribution in [2.75, 3.05) is 7.11 Å². The van der Waals surface area contributed by atoms with Crippen molar-refractivity contribution in [2.45, 2.75) is 31.4 Å². The molecule has 0 bridgehead atoms. The van der Waals surface area contributed by atoms with Crippen molar-refractivity contribution >= 4 is 11.7 Å². The number of hydrogen-bond acceptors (Lipinski definition) is 3. The Labute approximate surface area is 76.6 Å². The second-order valence-corrected chi connectivity index (χ2v) is 3.72. The highest BCUT2D eigenvalue weighted by molar-refractivity contribution is 6.39. The fourth-order valence-corrected chi connectivity index (χ4v) is 2.22. The summed E-state index contributed by atoms with van der Waals surface area (Å²) in [6.07, 6.45) is 2.64. The van der Waals surface area contributed by atoms with Gasteiger partial charge in [0.15, 0.2) is 0 Å². The predicted octanol–water partition coefficient (Wildman–Crippen LogP) is -0.131. The fraction of sp³-hybridized carbons (Fsp3) is 0.778. The molecule has 0 aromatic rings. The summed E-state index contributed by atoms with van der Waals surface area (Å²) in [7, 11) is 1.65. The smallest absolute Gasteiger partial charge is 0.287 e. The number of hydrogen-bond donors (Lipinski definition) is 1. The molecule has 0 aromatic carbocycles. The Bertz CT molecular complexity index is 251. The molecule has 4 nitrogen and oxygen atoms in total. The van der Waals surface area contributed by atoms with Gasteiger partial charge in [-0.15, -0.1) is 0 Å². The highest BCUT2D eigenvalue weighted by Gasteiger charge is 2.44. The normalized spacial score (nSPS) is 38.7. The minimum atomic E-state index is -0.410. The number of fused-ring (bicyclic) bond motifs is 1. The van der Waals surface area contributed by atoms with Crippen LogP contribution >= 0.6 is 0 Å². The topological polar surface area (TPSA) is 55.4 Å². The van der Waals surface area contributed by atoms with Gasteiger partial charge >= 0.3 is 0 Å². The van der Waals surface area contributed by atoms with Crippen LogP contribution in [0, 0.1) is 5.92 Å². The lowest BCUT2D eigenvalue weighted by atomic mass is 9.83. The zero-order valence-electron chi connectivity index (χ0n) is 7.58. The first kappa shape index (κ1) is 8.69. The largest absolute Gasteiger partial charge is 0.381 e. The van der Waals surface area contributed by atoms with Crippen LogP contribution in [0.3, 0.4) is 0 Å². The Balaban J connectivity index is 2.09. The van der Waals surface area contributed by atoms with Gasteiger partial charge in [-0.1, -0.05) is 0 Å². The first-order chi connectivity index (χ1) is 6.22. The minimum absolute atomic E-state index is 0.0754. The van der Waals surface area contributed by atoms with E-state index in [2.05, 4.69) is 5.32 Å². The minimum Gasteiger partial charge on any atom is -0.381 e. The monoisotopic (exact) mass is 183 g/mol. The summed E-state index contributed by atoms with van der Waals surface area (Å²) in [5.74, 6) is -0.801. The van der Waals surface area contributed by atoms with Crippen LogP contribution in [0.5, 0.6) is 0 Å². The lowest BCUT2D eigenvalue weighted by Gasteiger charge is -2.28. The molecule has 1 aliphatic carbocycles. The number of ether oxygens (including phenoxy) is 1. The molecule has 4 heteroatoms. The molecule has 1 aliphatic heterocycles. The van der Waals surface area contributed by atoms with Crippen molar-refractivity contribution < 1.29 is 14.3 Å². The van der Waals surface area contributed by atoms with E-state index in [4.69, 9.17) is 4.74 Å². The maximum atomic E-state index is 11.3. The molecule has 1 saturated carbocycles. The van der Waals surface area contributed by atoms with Gasteiger partial charge in [0.2, 0.25) is 5.78 Å². The van der Waals surface area contributed by atoms with Crippen molar-refractivity contribution in [3.63, 3.8) is 0 Å². The first-order valence-corrected chi connectivity index (χ1v) is 4.60. The van der Waals surface area contributed by atoms with E-state index in [1.807, 2.05) is 0 Å². The van der Waals surface area contributed by atoms with Crippen molar-refractivity contribution in [2.24, 2.45) is 5.92 Å². The van der Waals surface area contributed by atoms with E-state index < -0.39 is 5.91 Å². The van der Waals surface area contributed by atoms with Gasteiger partial charge in [0.1, 0.15) is 0 Å². The van der Waals surface area contributed by atoms with E-state index >= 15 is 0 Å². The molecule has 1 saturated heterocycles. The van der Waals surface area contributed by atoms with Crippen molar-refractivity contribution in [3.8, 4) is 0 Å². The molecule has 1 amide bonds. The Hall–Kier alpha value is -0.900. The lowest BCUT2D eigenvalue weighted by Crippen LogP contribution is -2.36. The summed E-state index contributed by atoms with van der Waals surface area (Å²) >= 11 is 0. The third kappa shape index (κ3) is 1.35. The molecular weight excluding hydrogens is 170 g/mol. The Morgan fingerprint density at radius 3 is 2.85 bits per heavy atom. The van der Waals surface area contributed by atoms with E-state index in [1.165, 1.54) is 0 Å². The van der Waals surface area contributed by atoms with E-state index in [9.17, 15) is 9.59 Å². The summed E-state index contributed by atoms with van der Waals surface area (Å²) in [6, 6.07) is 0.0754. The number of ketones is 1. The molecule has 0 radical (unpaired) electrons. The maximum absolute atomic E-state index is 11.3. The zero-order valence-corrected chi connectivity index (χ0v) is 7.58. The molecule has 13 heavy (non-hydrogen) atoms. The van der Waals surface area contributed by atoms with Crippen LogP contribution in [-0.2, 0) is 14.3 Å². The van der Waals surface area contributed by atoms with E-state index in [-0.39, 0.29) is 23.8 Å². The summed E-state index contributed by atoms with van der Waals surface area (Å²) in [5.41, 5.74) is 0. The molecule has 1 heterocycles. The van der Waals surface area contributed by atoms with Crippen LogP contribution in [0.15, 0.2) is 0 Å². The van der Waals surface area contributed by atoms with Crippen LogP contribution in [0.1, 0.15) is 19.3 Å². The van der Waals surface area contributed by atoms with Crippen LogP contribution in [0.4, 0.5) is 0 Å². The van der Waals surface area contributed by atoms with E-state index in [1.54, 1.807) is 7.11 Å². The van der Waals surface area contributed by atoms with Crippen LogP contribution < -0.4 is 5.32 Å². The second kappa shape index (κ2) is 3.10. The van der Waals surface area contributed by atoms with Crippen molar-refractivity contribution in [1.82, 2.24) is 5.32 Å². The molecule has 2 aliphatic rings. The van der Waals surface area contributed by atoms with Crippen LogP contribution in [-0.4, -0.2) is 30.9 Å². The van der Waals surface area contributed by atoms with Gasteiger partial charge < -0.3 is 10.1 Å². The fourth-order valence-electron chi connectivity index (χ4n) is 2.22. The van der Waals surface area contributed by atoms with Gasteiger partial charge in [-0.25, -0.2) is 0 Å². The quantitative estimate of drug-likeness (QED) is 0.576. The van der Waals surface area contributed by atoms with Gasteiger partial charge in [-0.2, -0.15) is 0 Å². The Kier molecular flexibility index (Phi) is 2.07. The Morgan fingerprint density at radius 1 is 1.38 bits per heavy atom. The maximum Gasteiger partial charge on any atom is 0.287 e. The van der Waals surface area contributed by atoms with Crippen molar-refractivity contribution in [1.29, 1.82) is 0 Å². The highest BCUT2D eigenvalue weighted by Crippen LogP contribution is 2.30. The third-order valence-electron chi connectivity index (χ3n) is 3.01. The molecule has 1 N–H and O–H groups in total. The highest BCUT2D eigenvalue weighted by atomic mass is 16.5. The molecular formula is C9H13NO3. The predicted molar refractivity (Wildman–Crippen MR) is 45.1 cm³/mol. The number of amides is 1.